The van der Waals surface area contributed by atoms with Crippen molar-refractivity contribution in [2.24, 2.45) is 0 Å². The summed E-state index contributed by atoms with van der Waals surface area (Å²) in [6.07, 6.45) is 5.21. The minimum atomic E-state index is 0.513. The minimum absolute atomic E-state index is 0.513. The van der Waals surface area contributed by atoms with Gasteiger partial charge < -0.3 is 10.1 Å². The molecule has 3 rings (SSSR count). The summed E-state index contributed by atoms with van der Waals surface area (Å²) in [5.41, 5.74) is 0. The number of ether oxygens (including phenoxy) is 1. The van der Waals surface area contributed by atoms with Crippen molar-refractivity contribution >= 4 is 5.82 Å². The number of fused-ring (bicyclic) bond motifs is 1. The highest BCUT2D eigenvalue weighted by Gasteiger charge is 2.35. The van der Waals surface area contributed by atoms with Crippen LogP contribution in [0.15, 0.2) is 6.07 Å². The van der Waals surface area contributed by atoms with Gasteiger partial charge in [0.25, 0.3) is 0 Å². The first kappa shape index (κ1) is 12.7. The highest BCUT2D eigenvalue weighted by molar-refractivity contribution is 5.40. The predicted molar refractivity (Wildman–Crippen MR) is 74.6 cm³/mol. The zero-order chi connectivity index (χ0) is 13.2. The normalized spacial score (nSPS) is 27.1. The Morgan fingerprint density at radius 3 is 3.00 bits per heavy atom. The third kappa shape index (κ3) is 2.66. The molecule has 0 amide bonds. The molecule has 2 fully saturated rings. The molecule has 104 valence electrons. The second-order valence-corrected chi connectivity index (χ2v) is 5.48. The molecule has 1 aromatic rings. The maximum absolute atomic E-state index is 5.21. The molecule has 0 saturated carbocycles. The Bertz CT molecular complexity index is 451. The van der Waals surface area contributed by atoms with Crippen molar-refractivity contribution in [1.82, 2.24) is 14.9 Å². The number of aromatic nitrogens is 2. The second-order valence-electron chi connectivity index (χ2n) is 5.48. The van der Waals surface area contributed by atoms with Crippen molar-refractivity contribution in [3.8, 4) is 5.88 Å². The Hall–Kier alpha value is -1.36. The Balaban J connectivity index is 1.72. The highest BCUT2D eigenvalue weighted by Crippen LogP contribution is 2.29. The van der Waals surface area contributed by atoms with Crippen LogP contribution in [0.4, 0.5) is 5.82 Å². The first-order valence-electron chi connectivity index (χ1n) is 7.16. The van der Waals surface area contributed by atoms with Crippen molar-refractivity contribution in [1.29, 1.82) is 0 Å². The highest BCUT2D eigenvalue weighted by atomic mass is 16.5. The van der Waals surface area contributed by atoms with Crippen LogP contribution in [-0.2, 0) is 0 Å². The van der Waals surface area contributed by atoms with Crippen LogP contribution in [0.1, 0.15) is 31.5 Å². The van der Waals surface area contributed by atoms with Gasteiger partial charge in [-0.3, -0.25) is 4.90 Å². The summed E-state index contributed by atoms with van der Waals surface area (Å²) in [4.78, 5) is 11.3. The van der Waals surface area contributed by atoms with Gasteiger partial charge in [-0.15, -0.1) is 0 Å². The van der Waals surface area contributed by atoms with Gasteiger partial charge in [0.2, 0.25) is 5.88 Å². The van der Waals surface area contributed by atoms with Gasteiger partial charge in [-0.2, -0.15) is 4.98 Å². The number of nitrogens with one attached hydrogen (secondary N) is 1. The first-order valence-corrected chi connectivity index (χ1v) is 7.16. The number of hydrogen-bond acceptors (Lipinski definition) is 5. The minimum Gasteiger partial charge on any atom is -0.481 e. The largest absolute Gasteiger partial charge is 0.481 e. The number of piperidine rings is 1. The lowest BCUT2D eigenvalue weighted by molar-refractivity contribution is 0.192. The molecule has 1 aromatic heterocycles. The van der Waals surface area contributed by atoms with Crippen molar-refractivity contribution in [3.05, 3.63) is 11.9 Å². The molecule has 2 aliphatic heterocycles. The fourth-order valence-corrected chi connectivity index (χ4v) is 3.32. The molecule has 3 heterocycles. The van der Waals surface area contributed by atoms with Gasteiger partial charge in [0.15, 0.2) is 0 Å². The SMILES string of the molecule is COc1cc(NC2CCN3CCCCC23)nc(C)n1. The smallest absolute Gasteiger partial charge is 0.218 e. The van der Waals surface area contributed by atoms with E-state index in [-0.39, 0.29) is 0 Å². The van der Waals surface area contributed by atoms with E-state index in [1.807, 2.05) is 13.0 Å². The van der Waals surface area contributed by atoms with Crippen LogP contribution in [0.3, 0.4) is 0 Å². The van der Waals surface area contributed by atoms with Gasteiger partial charge in [0, 0.05) is 24.7 Å². The monoisotopic (exact) mass is 262 g/mol. The zero-order valence-corrected chi connectivity index (χ0v) is 11.7. The van der Waals surface area contributed by atoms with E-state index in [9.17, 15) is 0 Å². The third-order valence-electron chi connectivity index (χ3n) is 4.21. The Morgan fingerprint density at radius 2 is 2.16 bits per heavy atom. The van der Waals surface area contributed by atoms with E-state index in [0.717, 1.165) is 11.6 Å². The zero-order valence-electron chi connectivity index (χ0n) is 11.7. The van der Waals surface area contributed by atoms with Crippen LogP contribution in [0, 0.1) is 6.92 Å². The topological polar surface area (TPSA) is 50.3 Å². The summed E-state index contributed by atoms with van der Waals surface area (Å²) in [5.74, 6) is 2.27. The van der Waals surface area contributed by atoms with Crippen molar-refractivity contribution < 1.29 is 4.74 Å². The summed E-state index contributed by atoms with van der Waals surface area (Å²) >= 11 is 0. The average Bonchev–Trinajstić information content (AvgIpc) is 2.82. The predicted octanol–water partition coefficient (Wildman–Crippen LogP) is 1.83. The van der Waals surface area contributed by atoms with E-state index in [4.69, 9.17) is 4.74 Å². The molecule has 2 saturated heterocycles. The van der Waals surface area contributed by atoms with Crippen molar-refractivity contribution in [3.63, 3.8) is 0 Å². The third-order valence-corrected chi connectivity index (χ3v) is 4.21. The molecular formula is C14H22N4O. The fourth-order valence-electron chi connectivity index (χ4n) is 3.32. The Morgan fingerprint density at radius 1 is 1.26 bits per heavy atom. The number of nitrogens with zero attached hydrogens (tertiary/aromatic N) is 3. The second kappa shape index (κ2) is 5.33. The van der Waals surface area contributed by atoms with Crippen LogP contribution >= 0.6 is 0 Å². The van der Waals surface area contributed by atoms with E-state index in [1.165, 1.54) is 38.8 Å². The van der Waals surface area contributed by atoms with Gasteiger partial charge in [-0.05, 0) is 32.7 Å². The molecule has 19 heavy (non-hydrogen) atoms. The van der Waals surface area contributed by atoms with E-state index < -0.39 is 0 Å². The molecule has 1 N–H and O–H groups in total. The maximum Gasteiger partial charge on any atom is 0.218 e. The van der Waals surface area contributed by atoms with Crippen LogP contribution < -0.4 is 10.1 Å². The average molecular weight is 262 g/mol. The van der Waals surface area contributed by atoms with Crippen LogP contribution in [-0.4, -0.2) is 47.2 Å². The fraction of sp³-hybridized carbons (Fsp3) is 0.714. The molecule has 0 aromatic carbocycles. The van der Waals surface area contributed by atoms with Crippen LogP contribution in [0.5, 0.6) is 5.88 Å². The Labute approximate surface area is 114 Å². The summed E-state index contributed by atoms with van der Waals surface area (Å²) in [6.45, 7) is 4.37. The van der Waals surface area contributed by atoms with E-state index in [0.29, 0.717) is 18.0 Å². The summed E-state index contributed by atoms with van der Waals surface area (Å²) in [6, 6.07) is 3.08. The first-order chi connectivity index (χ1) is 9.26. The van der Waals surface area contributed by atoms with Gasteiger partial charge in [0.1, 0.15) is 11.6 Å². The lowest BCUT2D eigenvalue weighted by atomic mass is 9.99. The maximum atomic E-state index is 5.21. The molecular weight excluding hydrogens is 240 g/mol. The van der Waals surface area contributed by atoms with E-state index in [1.54, 1.807) is 7.11 Å². The van der Waals surface area contributed by atoms with Crippen LogP contribution in [0.2, 0.25) is 0 Å². The van der Waals surface area contributed by atoms with Gasteiger partial charge >= 0.3 is 0 Å². The molecule has 5 heteroatoms. The molecule has 2 atom stereocenters. The lowest BCUT2D eigenvalue weighted by Gasteiger charge is -2.32. The van der Waals surface area contributed by atoms with Crippen molar-refractivity contribution in [2.45, 2.75) is 44.7 Å². The Kier molecular flexibility index (Phi) is 3.55. The van der Waals surface area contributed by atoms with Gasteiger partial charge in [-0.1, -0.05) is 6.42 Å². The van der Waals surface area contributed by atoms with Crippen molar-refractivity contribution in [2.75, 3.05) is 25.5 Å². The quantitative estimate of drug-likeness (QED) is 0.900. The molecule has 0 aliphatic carbocycles. The lowest BCUT2D eigenvalue weighted by Crippen LogP contribution is -2.41. The molecule has 0 radical (unpaired) electrons. The molecule has 2 unspecified atom stereocenters. The number of methoxy groups -OCH3 is 1. The summed E-state index contributed by atoms with van der Waals surface area (Å²) < 4.78 is 5.21. The molecule has 0 bridgehead atoms. The van der Waals surface area contributed by atoms with Gasteiger partial charge in [0.05, 0.1) is 7.11 Å². The summed E-state index contributed by atoms with van der Waals surface area (Å²) in [5, 5.41) is 3.58. The van der Waals surface area contributed by atoms with E-state index in [2.05, 4.69) is 20.2 Å². The molecule has 0 spiro atoms. The number of aryl methyl sites for hydroxylation is 1. The van der Waals surface area contributed by atoms with Gasteiger partial charge in [-0.25, -0.2) is 4.98 Å². The molecule has 5 nitrogen and oxygen atoms in total. The number of hydrogen-bond donors (Lipinski definition) is 1. The van der Waals surface area contributed by atoms with E-state index >= 15 is 0 Å². The number of rotatable bonds is 3. The standard InChI is InChI=1S/C14H22N4O/c1-10-15-13(9-14(16-10)19-2)17-11-6-8-18-7-4-3-5-12(11)18/h9,11-12H,3-8H2,1-2H3,(H,15,16,17). The van der Waals surface area contributed by atoms with Crippen LogP contribution in [0.25, 0.3) is 0 Å². The molecule has 2 aliphatic rings. The number of anilines is 1. The summed E-state index contributed by atoms with van der Waals surface area (Å²) in [7, 11) is 1.64.